The number of aromatic amines is 1. The maximum Gasteiger partial charge on any atom is 0.247 e. The molecule has 1 fully saturated rings. The van der Waals surface area contributed by atoms with E-state index in [-0.39, 0.29) is 17.7 Å². The van der Waals surface area contributed by atoms with Crippen molar-refractivity contribution >= 4 is 16.4 Å². The van der Waals surface area contributed by atoms with E-state index in [4.69, 9.17) is 9.47 Å². The van der Waals surface area contributed by atoms with E-state index < -0.39 is 5.82 Å². The minimum absolute atomic E-state index is 0.0998. The Bertz CT molecular complexity index is 1250. The number of nitrogens with zero attached hydrogens (tertiary/aromatic N) is 4. The molecule has 5 rings (SSSR count). The normalized spacial score (nSPS) is 17.1. The first-order valence-corrected chi connectivity index (χ1v) is 10.3. The van der Waals surface area contributed by atoms with Gasteiger partial charge in [0.1, 0.15) is 24.2 Å². The third-order valence-electron chi connectivity index (χ3n) is 5.70. The van der Waals surface area contributed by atoms with Gasteiger partial charge in [0, 0.05) is 41.8 Å². The average Bonchev–Trinajstić information content (AvgIpc) is 3.42. The van der Waals surface area contributed by atoms with Crippen LogP contribution in [0.5, 0.6) is 17.4 Å². The number of aliphatic hydroxyl groups excluding tert-OH is 1. The third kappa shape index (κ3) is 3.70. The summed E-state index contributed by atoms with van der Waals surface area (Å²) in [5.41, 5.74) is 3.04. The minimum atomic E-state index is -0.438. The molecule has 31 heavy (non-hydrogen) atoms. The summed E-state index contributed by atoms with van der Waals surface area (Å²) in [6.45, 7) is 6.56. The van der Waals surface area contributed by atoms with Crippen LogP contribution in [-0.4, -0.2) is 61.9 Å². The summed E-state index contributed by atoms with van der Waals surface area (Å²) in [7, 11) is 0. The van der Waals surface area contributed by atoms with E-state index in [1.54, 1.807) is 28.9 Å². The lowest BCUT2D eigenvalue weighted by atomic mass is 10.2. The van der Waals surface area contributed by atoms with Crippen molar-refractivity contribution in [3.05, 3.63) is 47.8 Å². The summed E-state index contributed by atoms with van der Waals surface area (Å²) in [5.74, 6) is 0.590. The van der Waals surface area contributed by atoms with Gasteiger partial charge in [0.15, 0.2) is 11.6 Å². The van der Waals surface area contributed by atoms with Crippen LogP contribution in [0.15, 0.2) is 30.7 Å². The van der Waals surface area contributed by atoms with Crippen molar-refractivity contribution in [3.8, 4) is 17.4 Å². The van der Waals surface area contributed by atoms with Gasteiger partial charge in [0.2, 0.25) is 5.88 Å². The summed E-state index contributed by atoms with van der Waals surface area (Å²) < 4.78 is 28.4. The number of hydrogen-bond donors (Lipinski definition) is 2. The smallest absolute Gasteiger partial charge is 0.247 e. The number of likely N-dealkylation sites (tertiary alicyclic amines) is 1. The molecular formula is C22H24FN5O3. The van der Waals surface area contributed by atoms with E-state index in [0.717, 1.165) is 36.3 Å². The average molecular weight is 425 g/mol. The van der Waals surface area contributed by atoms with E-state index in [1.807, 2.05) is 13.8 Å². The molecule has 1 aliphatic heterocycles. The molecule has 3 aromatic heterocycles. The first-order chi connectivity index (χ1) is 15.0. The second-order valence-corrected chi connectivity index (χ2v) is 7.96. The van der Waals surface area contributed by atoms with Crippen molar-refractivity contribution in [1.82, 2.24) is 24.5 Å². The summed E-state index contributed by atoms with van der Waals surface area (Å²) in [4.78, 5) is 9.52. The van der Waals surface area contributed by atoms with Crippen molar-refractivity contribution in [3.63, 3.8) is 0 Å². The number of aryl methyl sites for hydroxylation is 2. The van der Waals surface area contributed by atoms with E-state index in [1.165, 1.54) is 6.33 Å². The van der Waals surface area contributed by atoms with Gasteiger partial charge in [-0.1, -0.05) is 0 Å². The van der Waals surface area contributed by atoms with Crippen LogP contribution in [0, 0.1) is 19.7 Å². The van der Waals surface area contributed by atoms with Gasteiger partial charge < -0.3 is 19.6 Å². The SMILES string of the molecule is Cc1cc2c(F)c(Oc3ncnn4cc(OCCN5CC[C@H](O)C5)c(C)c34)ccc2[nH]1. The fourth-order valence-corrected chi connectivity index (χ4v) is 4.10. The molecule has 0 bridgehead atoms. The van der Waals surface area contributed by atoms with Gasteiger partial charge in [-0.15, -0.1) is 0 Å². The summed E-state index contributed by atoms with van der Waals surface area (Å²) in [5, 5.41) is 14.4. The van der Waals surface area contributed by atoms with Gasteiger partial charge in [-0.05, 0) is 38.5 Å². The zero-order chi connectivity index (χ0) is 21.5. The molecule has 1 saturated heterocycles. The van der Waals surface area contributed by atoms with Gasteiger partial charge in [-0.3, -0.25) is 4.90 Å². The summed E-state index contributed by atoms with van der Waals surface area (Å²) >= 11 is 0. The summed E-state index contributed by atoms with van der Waals surface area (Å²) in [6.07, 6.45) is 3.70. The molecule has 8 nitrogen and oxygen atoms in total. The molecule has 0 aliphatic carbocycles. The number of H-pyrrole nitrogens is 1. The quantitative estimate of drug-likeness (QED) is 0.493. The van der Waals surface area contributed by atoms with Crippen LogP contribution in [0.2, 0.25) is 0 Å². The Kier molecular flexibility index (Phi) is 4.99. The first-order valence-electron chi connectivity index (χ1n) is 10.3. The Morgan fingerprint density at radius 1 is 1.29 bits per heavy atom. The molecule has 0 amide bonds. The van der Waals surface area contributed by atoms with Crippen LogP contribution < -0.4 is 9.47 Å². The number of hydrogen-bond acceptors (Lipinski definition) is 6. The van der Waals surface area contributed by atoms with Crippen molar-refractivity contribution in [1.29, 1.82) is 0 Å². The predicted octanol–water partition coefficient (Wildman–Crippen LogP) is 3.20. The highest BCUT2D eigenvalue weighted by molar-refractivity contribution is 5.83. The number of β-amino-alcohol motifs (C(OH)–C–C–N with tert-alkyl or cyclic N) is 1. The van der Waals surface area contributed by atoms with Crippen LogP contribution in [0.3, 0.4) is 0 Å². The van der Waals surface area contributed by atoms with E-state index >= 15 is 0 Å². The number of benzene rings is 1. The van der Waals surface area contributed by atoms with Crippen LogP contribution in [-0.2, 0) is 0 Å². The minimum Gasteiger partial charge on any atom is -0.490 e. The molecule has 1 aromatic carbocycles. The monoisotopic (exact) mass is 425 g/mol. The lowest BCUT2D eigenvalue weighted by Gasteiger charge is -2.15. The van der Waals surface area contributed by atoms with Gasteiger partial charge >= 0.3 is 0 Å². The Balaban J connectivity index is 1.39. The topological polar surface area (TPSA) is 87.9 Å². The molecule has 1 atom stereocenters. The van der Waals surface area contributed by atoms with E-state index in [9.17, 15) is 9.50 Å². The molecule has 4 aromatic rings. The number of aromatic nitrogens is 4. The zero-order valence-electron chi connectivity index (χ0n) is 17.4. The van der Waals surface area contributed by atoms with Crippen molar-refractivity contribution in [2.24, 2.45) is 0 Å². The first kappa shape index (κ1) is 19.8. The van der Waals surface area contributed by atoms with Crippen molar-refractivity contribution in [2.45, 2.75) is 26.4 Å². The molecule has 0 unspecified atom stereocenters. The zero-order valence-corrected chi connectivity index (χ0v) is 17.4. The van der Waals surface area contributed by atoms with Gasteiger partial charge in [-0.25, -0.2) is 8.91 Å². The lowest BCUT2D eigenvalue weighted by Crippen LogP contribution is -2.27. The number of rotatable bonds is 6. The second kappa shape index (κ2) is 7.82. The largest absolute Gasteiger partial charge is 0.490 e. The molecule has 0 saturated carbocycles. The highest BCUT2D eigenvalue weighted by Gasteiger charge is 2.21. The Morgan fingerprint density at radius 3 is 2.97 bits per heavy atom. The molecule has 0 radical (unpaired) electrons. The Labute approximate surface area is 178 Å². The molecule has 4 heterocycles. The molecule has 9 heteroatoms. The molecular weight excluding hydrogens is 401 g/mol. The Hall–Kier alpha value is -3.17. The predicted molar refractivity (Wildman–Crippen MR) is 113 cm³/mol. The van der Waals surface area contributed by atoms with E-state index in [2.05, 4.69) is 20.0 Å². The molecule has 1 aliphatic rings. The lowest BCUT2D eigenvalue weighted by molar-refractivity contribution is 0.167. The fraction of sp³-hybridized carbons (Fsp3) is 0.364. The van der Waals surface area contributed by atoms with Gasteiger partial charge in [0.25, 0.3) is 0 Å². The van der Waals surface area contributed by atoms with Crippen LogP contribution in [0.4, 0.5) is 4.39 Å². The van der Waals surface area contributed by atoms with Crippen LogP contribution in [0.1, 0.15) is 17.7 Å². The Morgan fingerprint density at radius 2 is 2.16 bits per heavy atom. The highest BCUT2D eigenvalue weighted by Crippen LogP contribution is 2.34. The maximum absolute atomic E-state index is 15.0. The summed E-state index contributed by atoms with van der Waals surface area (Å²) in [6, 6.07) is 5.13. The molecule has 162 valence electrons. The maximum atomic E-state index is 15.0. The number of nitrogens with one attached hydrogen (secondary N) is 1. The number of fused-ring (bicyclic) bond motifs is 2. The highest BCUT2D eigenvalue weighted by atomic mass is 19.1. The second-order valence-electron chi connectivity index (χ2n) is 7.96. The van der Waals surface area contributed by atoms with Crippen molar-refractivity contribution < 1.29 is 19.0 Å². The number of halogens is 1. The van der Waals surface area contributed by atoms with Gasteiger partial charge in [0.05, 0.1) is 12.3 Å². The molecule has 0 spiro atoms. The standard InChI is InChI=1S/C22H24FN5O3/c1-13-9-16-17(26-13)3-4-18(20(16)23)31-22-21-14(2)19(11-28(21)25-12-24-22)30-8-7-27-6-5-15(29)10-27/h3-4,9,11-12,15,26,29H,5-8,10H2,1-2H3/t15-/m0/s1. The van der Waals surface area contributed by atoms with E-state index in [0.29, 0.717) is 29.8 Å². The number of aliphatic hydroxyl groups is 1. The van der Waals surface area contributed by atoms with Crippen LogP contribution in [0.25, 0.3) is 16.4 Å². The van der Waals surface area contributed by atoms with Gasteiger partial charge in [-0.2, -0.15) is 10.1 Å². The van der Waals surface area contributed by atoms with Crippen molar-refractivity contribution in [2.75, 3.05) is 26.2 Å². The molecule has 2 N–H and O–H groups in total. The third-order valence-corrected chi connectivity index (χ3v) is 5.70. The number of ether oxygens (including phenoxy) is 2. The van der Waals surface area contributed by atoms with Crippen LogP contribution >= 0.6 is 0 Å². The fourth-order valence-electron chi connectivity index (χ4n) is 4.10.